The number of nitrogens with zero attached hydrogens (tertiary/aromatic N) is 1. The smallest absolute Gasteiger partial charge is 0.257 e. The van der Waals surface area contributed by atoms with Crippen molar-refractivity contribution in [2.24, 2.45) is 5.92 Å². The van der Waals surface area contributed by atoms with Crippen molar-refractivity contribution < 1.29 is 9.53 Å². The first-order chi connectivity index (χ1) is 12.0. The van der Waals surface area contributed by atoms with Crippen LogP contribution in [0.15, 0.2) is 48.5 Å². The minimum atomic E-state index is -0.345. The molecular formula is C19H19N3O2S. The molecule has 0 aliphatic heterocycles. The zero-order chi connectivity index (χ0) is 18.2. The lowest BCUT2D eigenvalue weighted by Crippen LogP contribution is -2.34. The zero-order valence-electron chi connectivity index (χ0n) is 14.1. The standard InChI is InChI=1S/C19H19N3O2S/c1-13(2)12-24-16-8-5-7-14(10-16)18(23)22-19(25)21-17-9-4-3-6-15(17)11-20/h3-10,13H,12H2,1-2H3,(H2,21,22,23,25). The van der Waals surface area contributed by atoms with E-state index in [9.17, 15) is 4.79 Å². The number of thiocarbonyl (C=S) groups is 1. The van der Waals surface area contributed by atoms with Crippen LogP contribution in [0, 0.1) is 17.2 Å². The molecule has 1 amide bonds. The minimum Gasteiger partial charge on any atom is -0.493 e. The van der Waals surface area contributed by atoms with Gasteiger partial charge >= 0.3 is 0 Å². The van der Waals surface area contributed by atoms with Crippen molar-refractivity contribution in [3.05, 3.63) is 59.7 Å². The van der Waals surface area contributed by atoms with Gasteiger partial charge in [-0.25, -0.2) is 0 Å². The summed E-state index contributed by atoms with van der Waals surface area (Å²) in [7, 11) is 0. The molecule has 0 unspecified atom stereocenters. The fraction of sp³-hybridized carbons (Fsp3) is 0.211. The van der Waals surface area contributed by atoms with Gasteiger partial charge < -0.3 is 10.1 Å². The van der Waals surface area contributed by atoms with Gasteiger partial charge in [0, 0.05) is 5.56 Å². The largest absolute Gasteiger partial charge is 0.493 e. The van der Waals surface area contributed by atoms with E-state index in [1.165, 1.54) is 0 Å². The quantitative estimate of drug-likeness (QED) is 0.802. The second-order valence-electron chi connectivity index (χ2n) is 5.80. The Morgan fingerprint density at radius 3 is 2.72 bits per heavy atom. The van der Waals surface area contributed by atoms with Crippen molar-refractivity contribution in [1.82, 2.24) is 5.32 Å². The van der Waals surface area contributed by atoms with Crippen molar-refractivity contribution in [3.8, 4) is 11.8 Å². The summed E-state index contributed by atoms with van der Waals surface area (Å²) in [5.74, 6) is 0.687. The highest BCUT2D eigenvalue weighted by molar-refractivity contribution is 7.80. The molecule has 0 spiro atoms. The van der Waals surface area contributed by atoms with Crippen LogP contribution in [-0.4, -0.2) is 17.6 Å². The van der Waals surface area contributed by atoms with E-state index in [2.05, 4.69) is 30.6 Å². The topological polar surface area (TPSA) is 74.2 Å². The van der Waals surface area contributed by atoms with Crippen molar-refractivity contribution in [3.63, 3.8) is 0 Å². The highest BCUT2D eigenvalue weighted by Gasteiger charge is 2.10. The van der Waals surface area contributed by atoms with E-state index in [4.69, 9.17) is 22.2 Å². The third-order valence-electron chi connectivity index (χ3n) is 3.20. The van der Waals surface area contributed by atoms with Crippen LogP contribution >= 0.6 is 12.2 Å². The molecule has 0 heterocycles. The highest BCUT2D eigenvalue weighted by atomic mass is 32.1. The number of hydrogen-bond donors (Lipinski definition) is 2. The fourth-order valence-electron chi connectivity index (χ4n) is 2.01. The molecule has 2 aromatic rings. The molecule has 0 aliphatic carbocycles. The van der Waals surface area contributed by atoms with Gasteiger partial charge in [0.25, 0.3) is 5.91 Å². The predicted molar refractivity (Wildman–Crippen MR) is 102 cm³/mol. The molecular weight excluding hydrogens is 334 g/mol. The summed E-state index contributed by atoms with van der Waals surface area (Å²) in [5.41, 5.74) is 1.44. The third kappa shape index (κ3) is 5.59. The first-order valence-corrected chi connectivity index (χ1v) is 8.24. The summed E-state index contributed by atoms with van der Waals surface area (Å²) in [6.07, 6.45) is 0. The Labute approximate surface area is 152 Å². The average molecular weight is 353 g/mol. The molecule has 128 valence electrons. The molecule has 0 atom stereocenters. The summed E-state index contributed by atoms with van der Waals surface area (Å²) in [6, 6.07) is 15.9. The Balaban J connectivity index is 2.00. The number of benzene rings is 2. The number of nitrogens with one attached hydrogen (secondary N) is 2. The predicted octanol–water partition coefficient (Wildman–Crippen LogP) is 3.72. The number of rotatable bonds is 5. The van der Waals surface area contributed by atoms with Gasteiger partial charge in [-0.3, -0.25) is 10.1 Å². The van der Waals surface area contributed by atoms with E-state index in [0.29, 0.717) is 35.1 Å². The molecule has 0 aliphatic rings. The minimum absolute atomic E-state index is 0.126. The lowest BCUT2D eigenvalue weighted by Gasteiger charge is -2.12. The summed E-state index contributed by atoms with van der Waals surface area (Å²) in [5, 5.41) is 14.7. The lowest BCUT2D eigenvalue weighted by molar-refractivity contribution is 0.0977. The van der Waals surface area contributed by atoms with Crippen molar-refractivity contribution in [2.45, 2.75) is 13.8 Å². The number of carbonyl (C=O) groups is 1. The van der Waals surface area contributed by atoms with E-state index in [0.717, 1.165) is 0 Å². The van der Waals surface area contributed by atoms with Crippen LogP contribution in [0.1, 0.15) is 29.8 Å². The SMILES string of the molecule is CC(C)COc1cccc(C(=O)NC(=S)Nc2ccccc2C#N)c1. The average Bonchev–Trinajstić information content (AvgIpc) is 2.60. The Bertz CT molecular complexity index is 812. The molecule has 6 heteroatoms. The van der Waals surface area contributed by atoms with Gasteiger partial charge in [-0.05, 0) is 48.5 Å². The van der Waals surface area contributed by atoms with Crippen LogP contribution < -0.4 is 15.4 Å². The van der Waals surface area contributed by atoms with Crippen LogP contribution in [0.2, 0.25) is 0 Å². The van der Waals surface area contributed by atoms with Gasteiger partial charge in [-0.2, -0.15) is 5.26 Å². The molecule has 5 nitrogen and oxygen atoms in total. The molecule has 0 radical (unpaired) electrons. The molecule has 0 saturated heterocycles. The van der Waals surface area contributed by atoms with E-state index in [-0.39, 0.29) is 11.0 Å². The van der Waals surface area contributed by atoms with E-state index in [1.807, 2.05) is 0 Å². The number of nitriles is 1. The maximum Gasteiger partial charge on any atom is 0.257 e. The molecule has 2 aromatic carbocycles. The number of amides is 1. The Kier molecular flexibility index (Phi) is 6.49. The monoisotopic (exact) mass is 353 g/mol. The Hall–Kier alpha value is -2.91. The molecule has 0 bridgehead atoms. The highest BCUT2D eigenvalue weighted by Crippen LogP contribution is 2.15. The molecule has 2 rings (SSSR count). The van der Waals surface area contributed by atoms with E-state index < -0.39 is 0 Å². The maximum absolute atomic E-state index is 12.3. The van der Waals surface area contributed by atoms with Crippen LogP contribution in [0.3, 0.4) is 0 Å². The molecule has 0 saturated carbocycles. The van der Waals surface area contributed by atoms with Crippen LogP contribution in [0.5, 0.6) is 5.75 Å². The normalized spacial score (nSPS) is 10.0. The van der Waals surface area contributed by atoms with Crippen LogP contribution in [-0.2, 0) is 0 Å². The van der Waals surface area contributed by atoms with Gasteiger partial charge in [-0.1, -0.05) is 32.0 Å². The summed E-state index contributed by atoms with van der Waals surface area (Å²) < 4.78 is 5.62. The van der Waals surface area contributed by atoms with Crippen molar-refractivity contribution in [2.75, 3.05) is 11.9 Å². The number of hydrogen-bond acceptors (Lipinski definition) is 4. The first-order valence-electron chi connectivity index (χ1n) is 7.84. The molecule has 25 heavy (non-hydrogen) atoms. The zero-order valence-corrected chi connectivity index (χ0v) is 14.9. The van der Waals surface area contributed by atoms with E-state index >= 15 is 0 Å². The molecule has 0 aromatic heterocycles. The van der Waals surface area contributed by atoms with Crippen LogP contribution in [0.4, 0.5) is 5.69 Å². The number of carbonyl (C=O) groups excluding carboxylic acids is 1. The van der Waals surface area contributed by atoms with Gasteiger partial charge in [0.1, 0.15) is 11.8 Å². The second kappa shape index (κ2) is 8.81. The maximum atomic E-state index is 12.3. The van der Waals surface area contributed by atoms with Gasteiger partial charge in [-0.15, -0.1) is 0 Å². The van der Waals surface area contributed by atoms with Crippen molar-refractivity contribution >= 4 is 28.9 Å². The molecule has 0 fully saturated rings. The number of anilines is 1. The van der Waals surface area contributed by atoms with E-state index in [1.54, 1.807) is 48.5 Å². The first kappa shape index (κ1) is 18.4. The third-order valence-corrected chi connectivity index (χ3v) is 3.41. The number of ether oxygens (including phenoxy) is 1. The Morgan fingerprint density at radius 1 is 1.24 bits per heavy atom. The number of para-hydroxylation sites is 1. The lowest BCUT2D eigenvalue weighted by atomic mass is 10.2. The fourth-order valence-corrected chi connectivity index (χ4v) is 2.21. The van der Waals surface area contributed by atoms with Gasteiger partial charge in [0.05, 0.1) is 17.9 Å². The van der Waals surface area contributed by atoms with Crippen LogP contribution in [0.25, 0.3) is 0 Å². The second-order valence-corrected chi connectivity index (χ2v) is 6.21. The Morgan fingerprint density at radius 2 is 2.00 bits per heavy atom. The van der Waals surface area contributed by atoms with Gasteiger partial charge in [0.2, 0.25) is 0 Å². The molecule has 2 N–H and O–H groups in total. The summed E-state index contributed by atoms with van der Waals surface area (Å²) in [6.45, 7) is 4.69. The van der Waals surface area contributed by atoms with Crippen molar-refractivity contribution in [1.29, 1.82) is 5.26 Å². The summed E-state index contributed by atoms with van der Waals surface area (Å²) in [4.78, 5) is 12.3. The van der Waals surface area contributed by atoms with Gasteiger partial charge in [0.15, 0.2) is 5.11 Å². The summed E-state index contributed by atoms with van der Waals surface area (Å²) >= 11 is 5.15.